The Morgan fingerprint density at radius 2 is 1.66 bits per heavy atom. The third-order valence-corrected chi connectivity index (χ3v) is 8.26. The summed E-state index contributed by atoms with van der Waals surface area (Å²) in [4.78, 5) is 25.3. The summed E-state index contributed by atoms with van der Waals surface area (Å²) in [6.45, 7) is 4.89. The lowest BCUT2D eigenvalue weighted by atomic mass is 10.0. The molecule has 8 nitrogen and oxygen atoms in total. The van der Waals surface area contributed by atoms with E-state index in [1.54, 1.807) is 55.9 Å². The Morgan fingerprint density at radius 3 is 2.34 bits per heavy atom. The Morgan fingerprint density at radius 1 is 1.00 bits per heavy atom. The lowest BCUT2D eigenvalue weighted by Crippen LogP contribution is -2.38. The molecule has 2 heterocycles. The van der Waals surface area contributed by atoms with Gasteiger partial charge in [0.1, 0.15) is 0 Å². The van der Waals surface area contributed by atoms with Gasteiger partial charge < -0.3 is 5.32 Å². The molecule has 3 aromatic rings. The predicted octanol–water partition coefficient (Wildman–Crippen LogP) is 2.86. The van der Waals surface area contributed by atoms with Crippen LogP contribution in [0.15, 0.2) is 46.1 Å². The van der Waals surface area contributed by atoms with Crippen LogP contribution in [0.4, 0.5) is 5.69 Å². The first-order valence-corrected chi connectivity index (χ1v) is 12.1. The lowest BCUT2D eigenvalue weighted by Gasteiger charge is -2.29. The maximum atomic E-state index is 13.1. The van der Waals surface area contributed by atoms with Crippen molar-refractivity contribution in [2.24, 2.45) is 20.0 Å². The SMILES string of the molecule is Cc1ccc(S(=O)(=O)N2CCC(C)CC2)cc1C(=O)Nc1ccc2c(c1)n(C)c(=O)n2C. The first kappa shape index (κ1) is 22.3. The molecule has 1 fully saturated rings. The summed E-state index contributed by atoms with van der Waals surface area (Å²) in [5.74, 6) is 0.120. The van der Waals surface area contributed by atoms with E-state index in [2.05, 4.69) is 12.2 Å². The van der Waals surface area contributed by atoms with Crippen LogP contribution >= 0.6 is 0 Å². The van der Waals surface area contributed by atoms with Crippen LogP contribution in [0.25, 0.3) is 11.0 Å². The number of amides is 1. The average molecular weight is 457 g/mol. The number of piperidine rings is 1. The molecule has 0 atom stereocenters. The van der Waals surface area contributed by atoms with Crippen molar-refractivity contribution in [1.82, 2.24) is 13.4 Å². The number of fused-ring (bicyclic) bond motifs is 1. The average Bonchev–Trinajstić information content (AvgIpc) is 2.98. The topological polar surface area (TPSA) is 93.4 Å². The minimum Gasteiger partial charge on any atom is -0.322 e. The third kappa shape index (κ3) is 3.86. The highest BCUT2D eigenvalue weighted by Gasteiger charge is 2.29. The number of carbonyl (C=O) groups is 1. The number of anilines is 1. The van der Waals surface area contributed by atoms with Crippen molar-refractivity contribution in [3.63, 3.8) is 0 Å². The van der Waals surface area contributed by atoms with Gasteiger partial charge >= 0.3 is 5.69 Å². The highest BCUT2D eigenvalue weighted by atomic mass is 32.2. The van der Waals surface area contributed by atoms with E-state index < -0.39 is 15.9 Å². The van der Waals surface area contributed by atoms with Crippen LogP contribution in [0, 0.1) is 12.8 Å². The largest absolute Gasteiger partial charge is 0.328 e. The molecule has 0 saturated carbocycles. The molecule has 0 aliphatic carbocycles. The van der Waals surface area contributed by atoms with Crippen LogP contribution in [-0.4, -0.2) is 40.9 Å². The van der Waals surface area contributed by atoms with Crippen LogP contribution in [0.1, 0.15) is 35.7 Å². The van der Waals surface area contributed by atoms with Crippen molar-refractivity contribution in [1.29, 1.82) is 0 Å². The van der Waals surface area contributed by atoms with Crippen molar-refractivity contribution >= 4 is 32.7 Å². The van der Waals surface area contributed by atoms with Crippen LogP contribution in [0.3, 0.4) is 0 Å². The summed E-state index contributed by atoms with van der Waals surface area (Å²) < 4.78 is 30.8. The Kier molecular flexibility index (Phi) is 5.72. The first-order valence-electron chi connectivity index (χ1n) is 10.7. The number of rotatable bonds is 4. The van der Waals surface area contributed by atoms with E-state index in [1.165, 1.54) is 14.9 Å². The fourth-order valence-electron chi connectivity index (χ4n) is 4.16. The first-order chi connectivity index (χ1) is 15.1. The summed E-state index contributed by atoms with van der Waals surface area (Å²) in [5.41, 5.74) is 2.82. The van der Waals surface area contributed by atoms with Crippen molar-refractivity contribution in [2.45, 2.75) is 31.6 Å². The van der Waals surface area contributed by atoms with Gasteiger partial charge in [0.25, 0.3) is 5.91 Å². The molecule has 32 heavy (non-hydrogen) atoms. The number of imidazole rings is 1. The van der Waals surface area contributed by atoms with E-state index in [9.17, 15) is 18.0 Å². The zero-order valence-electron chi connectivity index (χ0n) is 18.8. The molecule has 170 valence electrons. The highest BCUT2D eigenvalue weighted by Crippen LogP contribution is 2.26. The Bertz CT molecular complexity index is 1360. The Balaban J connectivity index is 1.62. The second kappa shape index (κ2) is 8.22. The van der Waals surface area contributed by atoms with E-state index in [0.717, 1.165) is 18.4 Å². The minimum absolute atomic E-state index is 0.128. The monoisotopic (exact) mass is 456 g/mol. The summed E-state index contributed by atoms with van der Waals surface area (Å²) in [6, 6.07) is 9.92. The Hall–Kier alpha value is -2.91. The van der Waals surface area contributed by atoms with Crippen molar-refractivity contribution < 1.29 is 13.2 Å². The second-order valence-electron chi connectivity index (χ2n) is 8.62. The fraction of sp³-hybridized carbons (Fsp3) is 0.391. The number of hydrogen-bond acceptors (Lipinski definition) is 4. The molecular weight excluding hydrogens is 428 g/mol. The van der Waals surface area contributed by atoms with E-state index in [0.29, 0.717) is 41.3 Å². The van der Waals surface area contributed by atoms with Gasteiger partial charge in [-0.15, -0.1) is 0 Å². The molecule has 0 radical (unpaired) electrons. The summed E-state index contributed by atoms with van der Waals surface area (Å²) in [7, 11) is -0.283. The smallest absolute Gasteiger partial charge is 0.322 e. The van der Waals surface area contributed by atoms with Gasteiger partial charge in [0.2, 0.25) is 10.0 Å². The van der Waals surface area contributed by atoms with E-state index in [1.807, 2.05) is 0 Å². The molecule has 1 aromatic heterocycles. The molecule has 1 amide bonds. The predicted molar refractivity (Wildman–Crippen MR) is 124 cm³/mol. The highest BCUT2D eigenvalue weighted by molar-refractivity contribution is 7.89. The number of benzene rings is 2. The molecule has 0 bridgehead atoms. The quantitative estimate of drug-likeness (QED) is 0.653. The van der Waals surface area contributed by atoms with Crippen LogP contribution in [0.2, 0.25) is 0 Å². The number of aromatic nitrogens is 2. The van der Waals surface area contributed by atoms with Gasteiger partial charge in [-0.2, -0.15) is 4.31 Å². The summed E-state index contributed by atoms with van der Waals surface area (Å²) in [6.07, 6.45) is 1.67. The molecule has 0 unspecified atom stereocenters. The van der Waals surface area contributed by atoms with Gasteiger partial charge in [-0.25, -0.2) is 13.2 Å². The van der Waals surface area contributed by atoms with Gasteiger partial charge in [0.05, 0.1) is 15.9 Å². The van der Waals surface area contributed by atoms with Crippen LogP contribution in [0.5, 0.6) is 0 Å². The Labute approximate surface area is 187 Å². The van der Waals surface area contributed by atoms with Gasteiger partial charge in [-0.1, -0.05) is 13.0 Å². The fourth-order valence-corrected chi connectivity index (χ4v) is 5.66. The minimum atomic E-state index is -3.66. The standard InChI is InChI=1S/C23H28N4O4S/c1-15-9-11-27(12-10-15)32(30,31)18-7-5-16(2)19(14-18)22(28)24-17-6-8-20-21(13-17)26(4)23(29)25(20)3/h5-8,13-15H,9-12H2,1-4H3,(H,24,28). The van der Waals surface area contributed by atoms with Crippen molar-refractivity contribution in [2.75, 3.05) is 18.4 Å². The van der Waals surface area contributed by atoms with E-state index in [-0.39, 0.29) is 10.6 Å². The molecule has 4 rings (SSSR count). The van der Waals surface area contributed by atoms with Gasteiger partial charge in [0.15, 0.2) is 0 Å². The second-order valence-corrected chi connectivity index (χ2v) is 10.6. The number of sulfonamides is 1. The third-order valence-electron chi connectivity index (χ3n) is 6.36. The van der Waals surface area contributed by atoms with Crippen molar-refractivity contribution in [3.8, 4) is 0 Å². The zero-order valence-corrected chi connectivity index (χ0v) is 19.6. The molecule has 2 aromatic carbocycles. The maximum Gasteiger partial charge on any atom is 0.328 e. The molecular formula is C23H28N4O4S. The molecule has 9 heteroatoms. The maximum absolute atomic E-state index is 13.1. The van der Waals surface area contributed by atoms with Crippen LogP contribution < -0.4 is 11.0 Å². The number of nitrogens with zero attached hydrogens (tertiary/aromatic N) is 3. The normalized spacial score (nSPS) is 15.9. The lowest BCUT2D eigenvalue weighted by molar-refractivity contribution is 0.102. The number of aryl methyl sites for hydroxylation is 3. The number of carbonyl (C=O) groups excluding carboxylic acids is 1. The zero-order chi connectivity index (χ0) is 23.2. The summed E-state index contributed by atoms with van der Waals surface area (Å²) >= 11 is 0. The molecule has 1 N–H and O–H groups in total. The van der Waals surface area contributed by atoms with Gasteiger partial charge in [-0.05, 0) is 61.6 Å². The van der Waals surface area contributed by atoms with Gasteiger partial charge in [-0.3, -0.25) is 13.9 Å². The van der Waals surface area contributed by atoms with E-state index >= 15 is 0 Å². The molecule has 1 aliphatic heterocycles. The van der Waals surface area contributed by atoms with Crippen molar-refractivity contribution in [3.05, 3.63) is 58.0 Å². The summed E-state index contributed by atoms with van der Waals surface area (Å²) in [5, 5.41) is 2.84. The van der Waals surface area contributed by atoms with E-state index in [4.69, 9.17) is 0 Å². The molecule has 1 aliphatic rings. The number of nitrogens with one attached hydrogen (secondary N) is 1. The molecule has 0 spiro atoms. The number of hydrogen-bond donors (Lipinski definition) is 1. The van der Waals surface area contributed by atoms with Gasteiger partial charge in [0, 0.05) is 38.4 Å². The molecule has 1 saturated heterocycles. The van der Waals surface area contributed by atoms with Crippen LogP contribution in [-0.2, 0) is 24.1 Å².